The number of carbonyl (C=O) groups excluding carboxylic acids is 1. The fraction of sp³-hybridized carbons (Fsp3) is 0.312. The van der Waals surface area contributed by atoms with Gasteiger partial charge in [-0.05, 0) is 37.3 Å². The second-order valence-corrected chi connectivity index (χ2v) is 4.54. The van der Waals surface area contributed by atoms with Crippen LogP contribution in [0.15, 0.2) is 47.1 Å². The summed E-state index contributed by atoms with van der Waals surface area (Å²) >= 11 is 0. The predicted molar refractivity (Wildman–Crippen MR) is 76.2 cm³/mol. The summed E-state index contributed by atoms with van der Waals surface area (Å²) in [5.74, 6) is 0.990. The maximum Gasteiger partial charge on any atom is 0.337 e. The summed E-state index contributed by atoms with van der Waals surface area (Å²) in [6.45, 7) is 2.72. The van der Waals surface area contributed by atoms with Crippen molar-refractivity contribution in [3.63, 3.8) is 0 Å². The minimum Gasteiger partial charge on any atom is -0.488 e. The van der Waals surface area contributed by atoms with Gasteiger partial charge in [0.25, 0.3) is 0 Å². The first-order valence-electron chi connectivity index (χ1n) is 6.64. The first kappa shape index (κ1) is 15.1. The summed E-state index contributed by atoms with van der Waals surface area (Å²) < 4.78 is 21.0. The van der Waals surface area contributed by atoms with Crippen molar-refractivity contribution in [2.45, 2.75) is 19.6 Å². The molecular formula is C16H18O5. The Morgan fingerprint density at radius 3 is 2.86 bits per heavy atom. The van der Waals surface area contributed by atoms with Gasteiger partial charge < -0.3 is 18.6 Å². The molecule has 1 aromatic heterocycles. The van der Waals surface area contributed by atoms with Crippen molar-refractivity contribution >= 4 is 5.97 Å². The van der Waals surface area contributed by atoms with E-state index in [1.807, 2.05) is 19.1 Å². The van der Waals surface area contributed by atoms with Crippen LogP contribution in [0.5, 0.6) is 5.75 Å². The second kappa shape index (κ2) is 7.50. The third-order valence-corrected chi connectivity index (χ3v) is 2.77. The van der Waals surface area contributed by atoms with E-state index in [4.69, 9.17) is 13.9 Å². The highest BCUT2D eigenvalue weighted by atomic mass is 16.5. The lowest BCUT2D eigenvalue weighted by Gasteiger charge is -2.15. The Balaban J connectivity index is 1.81. The first-order valence-corrected chi connectivity index (χ1v) is 6.64. The molecular weight excluding hydrogens is 272 g/mol. The van der Waals surface area contributed by atoms with Crippen molar-refractivity contribution in [3.05, 3.63) is 54.0 Å². The minimum atomic E-state index is -0.387. The maximum absolute atomic E-state index is 11.4. The van der Waals surface area contributed by atoms with Crippen LogP contribution in [-0.2, 0) is 16.1 Å². The third-order valence-electron chi connectivity index (χ3n) is 2.77. The zero-order chi connectivity index (χ0) is 15.1. The smallest absolute Gasteiger partial charge is 0.337 e. The van der Waals surface area contributed by atoms with E-state index in [9.17, 15) is 4.79 Å². The monoisotopic (exact) mass is 290 g/mol. The fourth-order valence-corrected chi connectivity index (χ4v) is 1.80. The molecule has 0 fully saturated rings. The summed E-state index contributed by atoms with van der Waals surface area (Å²) in [7, 11) is 1.35. The van der Waals surface area contributed by atoms with Crippen molar-refractivity contribution in [2.75, 3.05) is 13.7 Å². The number of carbonyl (C=O) groups is 1. The van der Waals surface area contributed by atoms with Crippen molar-refractivity contribution in [2.24, 2.45) is 0 Å². The van der Waals surface area contributed by atoms with Crippen LogP contribution in [0.1, 0.15) is 23.0 Å². The SMILES string of the molecule is COC(=O)c1cccc(OC(C)COCc2ccco2)c1. The van der Waals surface area contributed by atoms with Crippen molar-refractivity contribution in [1.29, 1.82) is 0 Å². The summed E-state index contributed by atoms with van der Waals surface area (Å²) in [6.07, 6.45) is 1.46. The molecule has 0 aliphatic rings. The van der Waals surface area contributed by atoms with E-state index in [0.29, 0.717) is 24.5 Å². The molecule has 2 rings (SSSR count). The molecule has 0 aliphatic carbocycles. The number of benzene rings is 1. The van der Waals surface area contributed by atoms with E-state index >= 15 is 0 Å². The highest BCUT2D eigenvalue weighted by Gasteiger charge is 2.09. The minimum absolute atomic E-state index is 0.146. The van der Waals surface area contributed by atoms with Crippen LogP contribution in [0.4, 0.5) is 0 Å². The van der Waals surface area contributed by atoms with Crippen LogP contribution in [0.2, 0.25) is 0 Å². The molecule has 112 valence electrons. The fourth-order valence-electron chi connectivity index (χ4n) is 1.80. The number of ether oxygens (including phenoxy) is 3. The molecule has 5 heteroatoms. The van der Waals surface area contributed by atoms with Crippen LogP contribution in [-0.4, -0.2) is 25.8 Å². The van der Waals surface area contributed by atoms with Gasteiger partial charge in [0.1, 0.15) is 24.2 Å². The molecule has 0 aliphatic heterocycles. The van der Waals surface area contributed by atoms with Gasteiger partial charge in [0.15, 0.2) is 0 Å². The van der Waals surface area contributed by atoms with Gasteiger partial charge in [-0.2, -0.15) is 0 Å². The Labute approximate surface area is 123 Å². The quantitative estimate of drug-likeness (QED) is 0.733. The van der Waals surface area contributed by atoms with E-state index < -0.39 is 0 Å². The summed E-state index contributed by atoms with van der Waals surface area (Å²) in [4.78, 5) is 11.4. The predicted octanol–water partition coefficient (Wildman–Crippen LogP) is 3.05. The van der Waals surface area contributed by atoms with Gasteiger partial charge in [0, 0.05) is 0 Å². The van der Waals surface area contributed by atoms with Gasteiger partial charge in [-0.1, -0.05) is 6.07 Å². The largest absolute Gasteiger partial charge is 0.488 e. The molecule has 21 heavy (non-hydrogen) atoms. The Hall–Kier alpha value is -2.27. The van der Waals surface area contributed by atoms with Crippen LogP contribution in [0.3, 0.4) is 0 Å². The van der Waals surface area contributed by atoms with Gasteiger partial charge in [-0.3, -0.25) is 0 Å². The molecule has 0 saturated heterocycles. The number of rotatable bonds is 7. The Morgan fingerprint density at radius 1 is 1.29 bits per heavy atom. The third kappa shape index (κ3) is 4.65. The van der Waals surface area contributed by atoms with Gasteiger partial charge in [-0.15, -0.1) is 0 Å². The average molecular weight is 290 g/mol. The van der Waals surface area contributed by atoms with Gasteiger partial charge in [0.2, 0.25) is 0 Å². The lowest BCUT2D eigenvalue weighted by atomic mass is 10.2. The Bertz CT molecular complexity index is 562. The van der Waals surface area contributed by atoms with Crippen LogP contribution >= 0.6 is 0 Å². The van der Waals surface area contributed by atoms with E-state index in [2.05, 4.69) is 4.74 Å². The lowest BCUT2D eigenvalue weighted by Crippen LogP contribution is -2.19. The molecule has 2 aromatic rings. The molecule has 1 atom stereocenters. The molecule has 0 spiro atoms. The normalized spacial score (nSPS) is 11.9. The van der Waals surface area contributed by atoms with Crippen molar-refractivity contribution < 1.29 is 23.4 Å². The van der Waals surface area contributed by atoms with Gasteiger partial charge >= 0.3 is 5.97 Å². The molecule has 0 bridgehead atoms. The molecule has 0 N–H and O–H groups in total. The Kier molecular flexibility index (Phi) is 5.40. The number of esters is 1. The highest BCUT2D eigenvalue weighted by Crippen LogP contribution is 2.16. The molecule has 0 saturated carbocycles. The van der Waals surface area contributed by atoms with Gasteiger partial charge in [0.05, 0.1) is 25.5 Å². The zero-order valence-electron chi connectivity index (χ0n) is 12.1. The Morgan fingerprint density at radius 2 is 2.14 bits per heavy atom. The van der Waals surface area contributed by atoms with Gasteiger partial charge in [-0.25, -0.2) is 4.79 Å². The maximum atomic E-state index is 11.4. The molecule has 1 heterocycles. The highest BCUT2D eigenvalue weighted by molar-refractivity contribution is 5.89. The second-order valence-electron chi connectivity index (χ2n) is 4.54. The molecule has 0 radical (unpaired) electrons. The van der Waals surface area contributed by atoms with E-state index in [1.165, 1.54) is 7.11 Å². The number of hydrogen-bond donors (Lipinski definition) is 0. The van der Waals surface area contributed by atoms with Crippen molar-refractivity contribution in [3.8, 4) is 5.75 Å². The zero-order valence-corrected chi connectivity index (χ0v) is 12.1. The number of methoxy groups -OCH3 is 1. The van der Waals surface area contributed by atoms with Crippen molar-refractivity contribution in [1.82, 2.24) is 0 Å². The van der Waals surface area contributed by atoms with E-state index in [1.54, 1.807) is 30.5 Å². The first-order chi connectivity index (χ1) is 10.2. The number of hydrogen-bond acceptors (Lipinski definition) is 5. The van der Waals surface area contributed by atoms with Crippen LogP contribution in [0.25, 0.3) is 0 Å². The molecule has 5 nitrogen and oxygen atoms in total. The van der Waals surface area contributed by atoms with E-state index in [0.717, 1.165) is 5.76 Å². The summed E-state index contributed by atoms with van der Waals surface area (Å²) in [5.41, 5.74) is 0.457. The topological polar surface area (TPSA) is 57.9 Å². The van der Waals surface area contributed by atoms with Crippen LogP contribution < -0.4 is 4.74 Å². The summed E-state index contributed by atoms with van der Waals surface area (Å²) in [5, 5.41) is 0. The average Bonchev–Trinajstić information content (AvgIpc) is 3.00. The van der Waals surface area contributed by atoms with Crippen LogP contribution in [0, 0.1) is 0 Å². The molecule has 0 amide bonds. The summed E-state index contributed by atoms with van der Waals surface area (Å²) in [6, 6.07) is 10.5. The standard InChI is InChI=1S/C16H18O5/c1-12(10-19-11-15-7-4-8-20-15)21-14-6-3-5-13(9-14)16(17)18-2/h3-9,12H,10-11H2,1-2H3. The lowest BCUT2D eigenvalue weighted by molar-refractivity contribution is 0.0415. The van der Waals surface area contributed by atoms with E-state index in [-0.39, 0.29) is 12.1 Å². The molecule has 1 unspecified atom stereocenters. The molecule has 1 aromatic carbocycles. The number of furan rings is 1.